The molecular formula is C18H27N7. The van der Waals surface area contributed by atoms with Crippen molar-refractivity contribution in [2.75, 3.05) is 52.6 Å². The average molecular weight is 341 g/mol. The van der Waals surface area contributed by atoms with Crippen LogP contribution in [0.1, 0.15) is 5.56 Å². The summed E-state index contributed by atoms with van der Waals surface area (Å²) in [5.41, 5.74) is 6.01. The number of nitrogens with one attached hydrogen (secondary N) is 1. The van der Waals surface area contributed by atoms with E-state index in [1.165, 1.54) is 0 Å². The zero-order valence-electron chi connectivity index (χ0n) is 16.1. The van der Waals surface area contributed by atoms with E-state index in [4.69, 9.17) is 4.98 Å². The SMILES string of the molecule is Cc1c(NN=C(N(C)C)N(C)C)nc(N(C)C)nc1-c1ccccc1. The van der Waals surface area contributed by atoms with Gasteiger partial charge in [-0.1, -0.05) is 30.3 Å². The number of aromatic nitrogens is 2. The second-order valence-corrected chi connectivity index (χ2v) is 6.42. The molecule has 134 valence electrons. The van der Waals surface area contributed by atoms with Crippen molar-refractivity contribution >= 4 is 17.7 Å². The van der Waals surface area contributed by atoms with E-state index < -0.39 is 0 Å². The fourth-order valence-corrected chi connectivity index (χ4v) is 2.39. The quantitative estimate of drug-likeness (QED) is 0.523. The minimum absolute atomic E-state index is 0.637. The van der Waals surface area contributed by atoms with Crippen LogP contribution in [0.3, 0.4) is 0 Å². The van der Waals surface area contributed by atoms with Crippen LogP contribution in [-0.4, -0.2) is 68.0 Å². The van der Waals surface area contributed by atoms with E-state index in [2.05, 4.69) is 15.5 Å². The predicted molar refractivity (Wildman–Crippen MR) is 105 cm³/mol. The molecule has 7 nitrogen and oxygen atoms in total. The summed E-state index contributed by atoms with van der Waals surface area (Å²) < 4.78 is 0. The van der Waals surface area contributed by atoms with Crippen LogP contribution in [0.2, 0.25) is 0 Å². The van der Waals surface area contributed by atoms with Crippen molar-refractivity contribution in [3.8, 4) is 11.3 Å². The fraction of sp³-hybridized carbons (Fsp3) is 0.389. The first-order valence-electron chi connectivity index (χ1n) is 8.11. The lowest BCUT2D eigenvalue weighted by Crippen LogP contribution is -2.36. The molecule has 0 saturated heterocycles. The normalized spacial score (nSPS) is 10.2. The van der Waals surface area contributed by atoms with E-state index in [0.717, 1.165) is 22.8 Å². The molecule has 0 saturated carbocycles. The molecule has 1 aromatic heterocycles. The summed E-state index contributed by atoms with van der Waals surface area (Å²) in [6.07, 6.45) is 0. The lowest BCUT2D eigenvalue weighted by molar-refractivity contribution is 0.482. The molecule has 1 aromatic carbocycles. The number of hydrogen-bond donors (Lipinski definition) is 1. The summed E-state index contributed by atoms with van der Waals surface area (Å²) in [6.45, 7) is 2.00. The molecule has 2 rings (SSSR count). The van der Waals surface area contributed by atoms with Gasteiger partial charge in [0.1, 0.15) is 0 Å². The Morgan fingerprint density at radius 3 is 2.04 bits per heavy atom. The van der Waals surface area contributed by atoms with Crippen molar-refractivity contribution in [1.29, 1.82) is 0 Å². The molecule has 0 aliphatic rings. The van der Waals surface area contributed by atoms with Crippen LogP contribution in [0.5, 0.6) is 0 Å². The number of hydrogen-bond acceptors (Lipinski definition) is 5. The third kappa shape index (κ3) is 4.37. The Hall–Kier alpha value is -2.83. The monoisotopic (exact) mass is 341 g/mol. The number of benzene rings is 1. The molecule has 0 spiro atoms. The van der Waals surface area contributed by atoms with Crippen LogP contribution < -0.4 is 10.3 Å². The van der Waals surface area contributed by atoms with Gasteiger partial charge in [-0.3, -0.25) is 5.43 Å². The summed E-state index contributed by atoms with van der Waals surface area (Å²) in [4.78, 5) is 15.1. The molecule has 0 radical (unpaired) electrons. The Morgan fingerprint density at radius 1 is 0.920 bits per heavy atom. The molecule has 25 heavy (non-hydrogen) atoms. The second-order valence-electron chi connectivity index (χ2n) is 6.42. The minimum Gasteiger partial charge on any atom is -0.347 e. The zero-order valence-corrected chi connectivity index (χ0v) is 16.1. The molecule has 0 fully saturated rings. The van der Waals surface area contributed by atoms with Crippen LogP contribution in [0, 0.1) is 6.92 Å². The highest BCUT2D eigenvalue weighted by atomic mass is 15.4. The van der Waals surface area contributed by atoms with E-state index in [1.54, 1.807) is 0 Å². The van der Waals surface area contributed by atoms with Crippen molar-refractivity contribution in [2.24, 2.45) is 5.10 Å². The number of anilines is 2. The van der Waals surface area contributed by atoms with Gasteiger partial charge in [0.25, 0.3) is 0 Å². The van der Waals surface area contributed by atoms with Gasteiger partial charge in [0, 0.05) is 53.4 Å². The summed E-state index contributed by atoms with van der Waals surface area (Å²) in [5, 5.41) is 4.50. The van der Waals surface area contributed by atoms with Crippen molar-refractivity contribution in [2.45, 2.75) is 6.92 Å². The van der Waals surface area contributed by atoms with Crippen molar-refractivity contribution in [1.82, 2.24) is 19.8 Å². The maximum Gasteiger partial charge on any atom is 0.227 e. The summed E-state index contributed by atoms with van der Waals surface area (Å²) in [5.74, 6) is 2.13. The van der Waals surface area contributed by atoms with E-state index in [9.17, 15) is 0 Å². The minimum atomic E-state index is 0.637. The number of nitrogens with zero attached hydrogens (tertiary/aromatic N) is 6. The molecule has 0 aliphatic carbocycles. The number of rotatable bonds is 4. The van der Waals surface area contributed by atoms with Gasteiger partial charge >= 0.3 is 0 Å². The molecule has 1 N–H and O–H groups in total. The average Bonchev–Trinajstić information content (AvgIpc) is 2.56. The van der Waals surface area contributed by atoms with Gasteiger partial charge in [-0.15, -0.1) is 5.10 Å². The number of guanidine groups is 1. The second kappa shape index (κ2) is 7.83. The van der Waals surface area contributed by atoms with Gasteiger partial charge in [0.15, 0.2) is 5.82 Å². The smallest absolute Gasteiger partial charge is 0.227 e. The van der Waals surface area contributed by atoms with Crippen molar-refractivity contribution in [3.05, 3.63) is 35.9 Å². The summed E-state index contributed by atoms with van der Waals surface area (Å²) >= 11 is 0. The maximum atomic E-state index is 4.71. The summed E-state index contributed by atoms with van der Waals surface area (Å²) in [7, 11) is 11.7. The molecule has 0 amide bonds. The van der Waals surface area contributed by atoms with Crippen LogP contribution in [0.4, 0.5) is 11.8 Å². The fourth-order valence-electron chi connectivity index (χ4n) is 2.39. The van der Waals surface area contributed by atoms with Crippen molar-refractivity contribution in [3.63, 3.8) is 0 Å². The lowest BCUT2D eigenvalue weighted by Gasteiger charge is -2.23. The topological polar surface area (TPSA) is 59.9 Å². The van der Waals surface area contributed by atoms with Crippen molar-refractivity contribution < 1.29 is 0 Å². The zero-order chi connectivity index (χ0) is 18.6. The molecular weight excluding hydrogens is 314 g/mol. The molecule has 1 heterocycles. The van der Waals surface area contributed by atoms with Crippen LogP contribution in [-0.2, 0) is 0 Å². The molecule has 2 aromatic rings. The van der Waals surface area contributed by atoms with E-state index in [-0.39, 0.29) is 0 Å². The predicted octanol–water partition coefficient (Wildman–Crippen LogP) is 2.32. The van der Waals surface area contributed by atoms with E-state index in [1.807, 2.05) is 94.2 Å². The third-order valence-corrected chi connectivity index (χ3v) is 3.64. The Labute approximate surface area is 150 Å². The van der Waals surface area contributed by atoms with Crippen LogP contribution in [0.15, 0.2) is 35.4 Å². The highest BCUT2D eigenvalue weighted by Crippen LogP contribution is 2.27. The molecule has 7 heteroatoms. The first-order valence-corrected chi connectivity index (χ1v) is 8.11. The molecule has 0 atom stereocenters. The van der Waals surface area contributed by atoms with Gasteiger partial charge in [0.05, 0.1) is 5.69 Å². The highest BCUT2D eigenvalue weighted by molar-refractivity contribution is 5.80. The van der Waals surface area contributed by atoms with E-state index in [0.29, 0.717) is 11.8 Å². The van der Waals surface area contributed by atoms with Gasteiger partial charge in [-0.2, -0.15) is 4.98 Å². The maximum absolute atomic E-state index is 4.71. The van der Waals surface area contributed by atoms with Gasteiger partial charge < -0.3 is 14.7 Å². The first-order chi connectivity index (χ1) is 11.8. The van der Waals surface area contributed by atoms with Gasteiger partial charge in [0.2, 0.25) is 11.9 Å². The van der Waals surface area contributed by atoms with Gasteiger partial charge in [-0.05, 0) is 6.92 Å². The number of hydrazone groups is 1. The first kappa shape index (κ1) is 18.5. The van der Waals surface area contributed by atoms with Crippen LogP contribution in [0.25, 0.3) is 11.3 Å². The van der Waals surface area contributed by atoms with E-state index >= 15 is 0 Å². The Kier molecular flexibility index (Phi) is 5.80. The molecule has 0 unspecified atom stereocenters. The largest absolute Gasteiger partial charge is 0.347 e. The highest BCUT2D eigenvalue weighted by Gasteiger charge is 2.14. The van der Waals surface area contributed by atoms with Crippen LogP contribution >= 0.6 is 0 Å². The lowest BCUT2D eigenvalue weighted by atomic mass is 10.1. The molecule has 0 aliphatic heterocycles. The van der Waals surface area contributed by atoms with Gasteiger partial charge in [-0.25, -0.2) is 4.98 Å². The molecule has 0 bridgehead atoms. The third-order valence-electron chi connectivity index (χ3n) is 3.64. The standard InChI is InChI=1S/C18H27N7/c1-13-15(14-11-9-8-10-12-14)19-17(23(2)3)20-16(13)21-22-18(24(4)5)25(6)7/h8-12H,1-7H3,(H,19,20,21). The Balaban J connectivity index is 2.51. The summed E-state index contributed by atoms with van der Waals surface area (Å²) in [6, 6.07) is 10.1. The Morgan fingerprint density at radius 2 is 1.52 bits per heavy atom. The Bertz CT molecular complexity index is 727.